The summed E-state index contributed by atoms with van der Waals surface area (Å²) in [6.45, 7) is 12.1. The first kappa shape index (κ1) is 22.8. The number of hydrogen-bond acceptors (Lipinski definition) is 1. The van der Waals surface area contributed by atoms with E-state index in [1.165, 1.54) is 50.5 Å². The van der Waals surface area contributed by atoms with E-state index in [2.05, 4.69) is 67.4 Å². The van der Waals surface area contributed by atoms with Crippen LogP contribution in [0.1, 0.15) is 65.7 Å². The van der Waals surface area contributed by atoms with Crippen molar-refractivity contribution in [1.29, 1.82) is 0 Å². The standard InChI is InChI=1S/C23H36N2.ClH/c1-5-7-8-9-10-11-14-23(18-25-17-16-24-19-25)15-12-13-21(6-2)22(23)20(3)4;/h6,12-13,15-17,19-20,22H,2,5,7-11,14,18H2,1,3-4H3;1H. The lowest BCUT2D eigenvalue weighted by Gasteiger charge is -2.44. The summed E-state index contributed by atoms with van der Waals surface area (Å²) in [6, 6.07) is 0. The molecule has 0 fully saturated rings. The van der Waals surface area contributed by atoms with Gasteiger partial charge in [0.25, 0.3) is 0 Å². The van der Waals surface area contributed by atoms with Crippen LogP contribution in [0.3, 0.4) is 0 Å². The van der Waals surface area contributed by atoms with E-state index < -0.39 is 0 Å². The van der Waals surface area contributed by atoms with Crippen molar-refractivity contribution < 1.29 is 0 Å². The van der Waals surface area contributed by atoms with Crippen molar-refractivity contribution in [3.63, 3.8) is 0 Å². The summed E-state index contributed by atoms with van der Waals surface area (Å²) in [7, 11) is 0. The summed E-state index contributed by atoms with van der Waals surface area (Å²) in [5.74, 6) is 1.12. The Hall–Kier alpha value is -1.28. The second kappa shape index (κ2) is 11.4. The van der Waals surface area contributed by atoms with Gasteiger partial charge in [0.15, 0.2) is 0 Å². The molecule has 0 N–H and O–H groups in total. The van der Waals surface area contributed by atoms with Crippen molar-refractivity contribution in [3.05, 3.63) is 55.2 Å². The summed E-state index contributed by atoms with van der Waals surface area (Å²) in [5.41, 5.74) is 1.56. The van der Waals surface area contributed by atoms with Crippen LogP contribution in [-0.4, -0.2) is 9.55 Å². The molecule has 0 amide bonds. The molecule has 0 saturated heterocycles. The first-order valence-electron chi connectivity index (χ1n) is 10.1. The maximum absolute atomic E-state index is 4.26. The molecule has 0 spiro atoms. The van der Waals surface area contributed by atoms with Crippen LogP contribution in [0.4, 0.5) is 0 Å². The molecular weight excluding hydrogens is 340 g/mol. The minimum atomic E-state index is 0. The van der Waals surface area contributed by atoms with Crippen molar-refractivity contribution in [2.45, 2.75) is 72.3 Å². The minimum Gasteiger partial charge on any atom is -0.337 e. The van der Waals surface area contributed by atoms with Crippen LogP contribution in [-0.2, 0) is 6.54 Å². The molecule has 1 aliphatic carbocycles. The minimum absolute atomic E-state index is 0. The van der Waals surface area contributed by atoms with E-state index >= 15 is 0 Å². The fourth-order valence-corrected chi connectivity index (χ4v) is 4.56. The van der Waals surface area contributed by atoms with E-state index in [4.69, 9.17) is 0 Å². The van der Waals surface area contributed by atoms with E-state index in [-0.39, 0.29) is 17.8 Å². The highest BCUT2D eigenvalue weighted by molar-refractivity contribution is 5.85. The molecule has 1 aliphatic rings. The summed E-state index contributed by atoms with van der Waals surface area (Å²) >= 11 is 0. The highest BCUT2D eigenvalue weighted by Gasteiger charge is 2.40. The maximum atomic E-state index is 4.26. The lowest BCUT2D eigenvalue weighted by molar-refractivity contribution is 0.156. The van der Waals surface area contributed by atoms with Gasteiger partial charge in [0.2, 0.25) is 0 Å². The zero-order valence-corrected chi connectivity index (χ0v) is 17.7. The third kappa shape index (κ3) is 5.87. The predicted molar refractivity (Wildman–Crippen MR) is 116 cm³/mol. The molecule has 26 heavy (non-hydrogen) atoms. The van der Waals surface area contributed by atoms with Crippen molar-refractivity contribution in [3.8, 4) is 0 Å². The Balaban J connectivity index is 0.00000338. The fourth-order valence-electron chi connectivity index (χ4n) is 4.56. The molecule has 2 rings (SSSR count). The molecule has 1 aromatic rings. The average Bonchev–Trinajstić information content (AvgIpc) is 3.10. The average molecular weight is 377 g/mol. The molecule has 1 aromatic heterocycles. The molecule has 2 unspecified atom stereocenters. The second-order valence-corrected chi connectivity index (χ2v) is 7.94. The monoisotopic (exact) mass is 376 g/mol. The van der Waals surface area contributed by atoms with Crippen LogP contribution in [0.15, 0.2) is 55.2 Å². The van der Waals surface area contributed by atoms with E-state index in [1.54, 1.807) is 0 Å². The van der Waals surface area contributed by atoms with Crippen molar-refractivity contribution in [1.82, 2.24) is 9.55 Å². The van der Waals surface area contributed by atoms with Crippen molar-refractivity contribution >= 4 is 12.4 Å². The highest BCUT2D eigenvalue weighted by atomic mass is 35.5. The second-order valence-electron chi connectivity index (χ2n) is 7.94. The summed E-state index contributed by atoms with van der Waals surface area (Å²) in [6.07, 6.45) is 24.3. The van der Waals surface area contributed by atoms with Gasteiger partial charge in [-0.1, -0.05) is 90.2 Å². The first-order chi connectivity index (χ1) is 12.1. The molecule has 0 aromatic carbocycles. The van der Waals surface area contributed by atoms with Gasteiger partial charge in [-0.15, -0.1) is 12.4 Å². The molecule has 0 saturated carbocycles. The Morgan fingerprint density at radius 3 is 2.58 bits per heavy atom. The van der Waals surface area contributed by atoms with Crippen LogP contribution in [0, 0.1) is 17.3 Å². The SMILES string of the molecule is C=CC1=CC=CC(CCCCCCCC)(Cn2ccnc2)C1C(C)C.Cl. The largest absolute Gasteiger partial charge is 0.337 e. The Morgan fingerprint density at radius 2 is 1.96 bits per heavy atom. The van der Waals surface area contributed by atoms with Crippen LogP contribution in [0.25, 0.3) is 0 Å². The van der Waals surface area contributed by atoms with Crippen molar-refractivity contribution in [2.24, 2.45) is 17.3 Å². The molecule has 3 heteroatoms. The summed E-state index contributed by atoms with van der Waals surface area (Å²) in [4.78, 5) is 4.26. The van der Waals surface area contributed by atoms with Gasteiger partial charge in [-0.05, 0) is 23.8 Å². The van der Waals surface area contributed by atoms with Gasteiger partial charge < -0.3 is 4.57 Å². The van der Waals surface area contributed by atoms with Gasteiger partial charge in [0, 0.05) is 24.4 Å². The predicted octanol–water partition coefficient (Wildman–Crippen LogP) is 7.00. The number of hydrogen-bond donors (Lipinski definition) is 0. The zero-order chi connectivity index (χ0) is 18.1. The zero-order valence-electron chi connectivity index (χ0n) is 16.9. The Labute approximate surface area is 166 Å². The van der Waals surface area contributed by atoms with Gasteiger partial charge in [0.05, 0.1) is 6.33 Å². The molecule has 146 valence electrons. The quantitative estimate of drug-likeness (QED) is 0.380. The fraction of sp³-hybridized carbons (Fsp3) is 0.609. The maximum Gasteiger partial charge on any atom is 0.0946 e. The third-order valence-corrected chi connectivity index (χ3v) is 5.63. The molecule has 2 atom stereocenters. The molecule has 0 radical (unpaired) electrons. The van der Waals surface area contributed by atoms with E-state index in [9.17, 15) is 0 Å². The van der Waals surface area contributed by atoms with Gasteiger partial charge in [-0.25, -0.2) is 4.98 Å². The summed E-state index contributed by atoms with van der Waals surface area (Å²) in [5, 5.41) is 0. The Morgan fingerprint density at radius 1 is 1.23 bits per heavy atom. The van der Waals surface area contributed by atoms with Crippen LogP contribution in [0.5, 0.6) is 0 Å². The number of halogens is 1. The Bertz CT molecular complexity index is 571. The summed E-state index contributed by atoms with van der Waals surface area (Å²) < 4.78 is 2.25. The smallest absolute Gasteiger partial charge is 0.0946 e. The topological polar surface area (TPSA) is 17.8 Å². The highest BCUT2D eigenvalue weighted by Crippen LogP contribution is 2.47. The first-order valence-corrected chi connectivity index (χ1v) is 10.1. The van der Waals surface area contributed by atoms with Crippen LogP contribution >= 0.6 is 12.4 Å². The number of rotatable bonds is 11. The number of unbranched alkanes of at least 4 members (excludes halogenated alkanes) is 5. The number of allylic oxidation sites excluding steroid dienone is 5. The number of aromatic nitrogens is 2. The van der Waals surface area contributed by atoms with Gasteiger partial charge >= 0.3 is 0 Å². The molecule has 0 aliphatic heterocycles. The molecule has 1 heterocycles. The number of nitrogens with zero attached hydrogens (tertiary/aromatic N) is 2. The normalized spacial score (nSPS) is 22.2. The molecule has 0 bridgehead atoms. The van der Waals surface area contributed by atoms with Crippen molar-refractivity contribution in [2.75, 3.05) is 0 Å². The molecular formula is C23H37ClN2. The van der Waals surface area contributed by atoms with E-state index in [0.717, 1.165) is 6.54 Å². The third-order valence-electron chi connectivity index (χ3n) is 5.63. The number of imidazole rings is 1. The van der Waals surface area contributed by atoms with Crippen LogP contribution < -0.4 is 0 Å². The van der Waals surface area contributed by atoms with Gasteiger partial charge in [-0.3, -0.25) is 0 Å². The lowest BCUT2D eigenvalue weighted by atomic mass is 9.62. The van der Waals surface area contributed by atoms with Gasteiger partial charge in [-0.2, -0.15) is 0 Å². The van der Waals surface area contributed by atoms with E-state index in [1.807, 2.05) is 12.5 Å². The van der Waals surface area contributed by atoms with Crippen LogP contribution in [0.2, 0.25) is 0 Å². The van der Waals surface area contributed by atoms with Gasteiger partial charge in [0.1, 0.15) is 0 Å². The molecule has 2 nitrogen and oxygen atoms in total. The Kier molecular flexibility index (Phi) is 10.0. The lowest BCUT2D eigenvalue weighted by Crippen LogP contribution is -2.38. The van der Waals surface area contributed by atoms with E-state index in [0.29, 0.717) is 11.8 Å².